The van der Waals surface area contributed by atoms with E-state index in [9.17, 15) is 0 Å². The van der Waals surface area contributed by atoms with E-state index >= 15 is 0 Å². The molecule has 0 unspecified atom stereocenters. The molecule has 8 nitrogen and oxygen atoms in total. The summed E-state index contributed by atoms with van der Waals surface area (Å²) in [6.07, 6.45) is 0. The standard InChI is InChI=1S/C15H12N2OS.C8H6N2OS.C7H7Br.C6H15N.C2H6O/c1-3-7-12(8-4-1)11-19-15-17-16-14(18-15)13-9-5-2-6-10-13;12-8-10-9-7(11-8)6-4-2-1-3-5-6;8-6-7-4-2-1-3-5-7;1-4-7(5-2)6-3;1-2-3/h1-10H,11H2;1-5H,(H,10,12);1-5H,6H2;4-6H2,1-3H3;3H,2H2,1H3. The highest BCUT2D eigenvalue weighted by Gasteiger charge is 2.08. The van der Waals surface area contributed by atoms with Gasteiger partial charge in [-0.05, 0) is 74.2 Å². The molecular formula is C38H46BrN5O3S2. The molecule has 0 saturated carbocycles. The van der Waals surface area contributed by atoms with Crippen LogP contribution in [0.2, 0.25) is 0 Å². The minimum atomic E-state index is 0.250. The third-order valence-electron chi connectivity index (χ3n) is 6.43. The summed E-state index contributed by atoms with van der Waals surface area (Å²) in [5, 5.41) is 23.7. The second-order valence-electron chi connectivity index (χ2n) is 9.85. The fourth-order valence-electron chi connectivity index (χ4n) is 3.86. The lowest BCUT2D eigenvalue weighted by molar-refractivity contribution is 0.318. The molecular weight excluding hydrogens is 718 g/mol. The molecule has 0 fully saturated rings. The summed E-state index contributed by atoms with van der Waals surface area (Å²) in [5.41, 5.74) is 4.44. The molecule has 0 radical (unpaired) electrons. The number of hydrogen-bond donors (Lipinski definition) is 2. The van der Waals surface area contributed by atoms with Gasteiger partial charge in [0.2, 0.25) is 11.8 Å². The summed E-state index contributed by atoms with van der Waals surface area (Å²) in [6.45, 7) is 12.1. The fraction of sp³-hybridized carbons (Fsp3) is 0.263. The Bertz CT molecular complexity index is 1680. The summed E-state index contributed by atoms with van der Waals surface area (Å²) in [4.78, 5) is 2.67. The SMILES string of the molecule is BrCc1ccccc1.CCN(CC)CC.CCO.S=c1[nH]nc(-c2ccccc2)o1.c1ccc(CSc2nnc(-c3ccccc3)o2)cc1. The van der Waals surface area contributed by atoms with Gasteiger partial charge in [0.15, 0.2) is 0 Å². The molecule has 6 aromatic rings. The van der Waals surface area contributed by atoms with Crippen molar-refractivity contribution in [1.29, 1.82) is 0 Å². The van der Waals surface area contributed by atoms with Crippen molar-refractivity contribution in [3.63, 3.8) is 0 Å². The smallest absolute Gasteiger partial charge is 0.284 e. The highest BCUT2D eigenvalue weighted by molar-refractivity contribution is 9.08. The van der Waals surface area contributed by atoms with Crippen LogP contribution in [0.25, 0.3) is 22.9 Å². The second-order valence-corrected chi connectivity index (χ2v) is 11.7. The first-order valence-electron chi connectivity index (χ1n) is 16.1. The molecule has 0 aliphatic heterocycles. The number of aliphatic hydroxyl groups excluding tert-OH is 1. The molecule has 49 heavy (non-hydrogen) atoms. The highest BCUT2D eigenvalue weighted by Crippen LogP contribution is 2.25. The Kier molecular flexibility index (Phi) is 22.0. The van der Waals surface area contributed by atoms with E-state index in [0.717, 1.165) is 22.2 Å². The van der Waals surface area contributed by atoms with Crippen LogP contribution in [-0.2, 0) is 11.1 Å². The van der Waals surface area contributed by atoms with E-state index in [4.69, 9.17) is 26.2 Å². The molecule has 0 aliphatic carbocycles. The molecule has 260 valence electrons. The van der Waals surface area contributed by atoms with Crippen molar-refractivity contribution >= 4 is 39.9 Å². The Morgan fingerprint density at radius 2 is 1.12 bits per heavy atom. The van der Waals surface area contributed by atoms with Gasteiger partial charge in [-0.25, -0.2) is 5.10 Å². The molecule has 0 saturated heterocycles. The molecule has 4 aromatic carbocycles. The van der Waals surface area contributed by atoms with Crippen molar-refractivity contribution in [2.24, 2.45) is 0 Å². The predicted molar refractivity (Wildman–Crippen MR) is 208 cm³/mol. The Morgan fingerprint density at radius 3 is 1.51 bits per heavy atom. The van der Waals surface area contributed by atoms with Crippen LogP contribution in [0, 0.1) is 4.84 Å². The van der Waals surface area contributed by atoms with Crippen molar-refractivity contribution in [1.82, 2.24) is 25.3 Å². The summed E-state index contributed by atoms with van der Waals surface area (Å²) in [7, 11) is 0. The zero-order chi connectivity index (χ0) is 35.5. The Morgan fingerprint density at radius 1 is 0.673 bits per heavy atom. The van der Waals surface area contributed by atoms with E-state index in [-0.39, 0.29) is 6.61 Å². The maximum absolute atomic E-state index is 7.57. The minimum Gasteiger partial charge on any atom is -0.411 e. The van der Waals surface area contributed by atoms with Gasteiger partial charge in [-0.1, -0.05) is 146 Å². The number of nitrogens with zero attached hydrogens (tertiary/aromatic N) is 4. The van der Waals surface area contributed by atoms with Gasteiger partial charge in [0.1, 0.15) is 0 Å². The number of rotatable bonds is 9. The van der Waals surface area contributed by atoms with Crippen molar-refractivity contribution in [3.8, 4) is 22.9 Å². The molecule has 0 bridgehead atoms. The van der Waals surface area contributed by atoms with E-state index in [2.05, 4.69) is 86.3 Å². The molecule has 11 heteroatoms. The van der Waals surface area contributed by atoms with Gasteiger partial charge in [-0.3, -0.25) is 0 Å². The van der Waals surface area contributed by atoms with E-state index in [0.29, 0.717) is 21.8 Å². The van der Waals surface area contributed by atoms with Gasteiger partial charge in [0.05, 0.1) is 0 Å². The largest absolute Gasteiger partial charge is 0.411 e. The van der Waals surface area contributed by atoms with Gasteiger partial charge in [-0.2, -0.15) is 0 Å². The zero-order valence-corrected chi connectivity index (χ0v) is 31.8. The van der Waals surface area contributed by atoms with Crippen molar-refractivity contribution in [2.75, 3.05) is 26.2 Å². The molecule has 6 rings (SSSR count). The second kappa shape index (κ2) is 26.1. The number of nitrogens with one attached hydrogen (secondary N) is 1. The Balaban J connectivity index is 0.000000239. The van der Waals surface area contributed by atoms with Crippen LogP contribution in [0.3, 0.4) is 0 Å². The van der Waals surface area contributed by atoms with Crippen LogP contribution in [-0.4, -0.2) is 56.6 Å². The minimum absolute atomic E-state index is 0.250. The van der Waals surface area contributed by atoms with Crippen LogP contribution in [0.1, 0.15) is 38.8 Å². The lowest BCUT2D eigenvalue weighted by Gasteiger charge is -2.13. The van der Waals surface area contributed by atoms with Gasteiger partial charge < -0.3 is 18.8 Å². The van der Waals surface area contributed by atoms with Crippen LogP contribution >= 0.6 is 39.9 Å². The molecule has 0 spiro atoms. The topological polar surface area (TPSA) is 104 Å². The lowest BCUT2D eigenvalue weighted by atomic mass is 10.2. The van der Waals surface area contributed by atoms with Gasteiger partial charge in [0.25, 0.3) is 10.1 Å². The summed E-state index contributed by atoms with van der Waals surface area (Å²) in [5.74, 6) is 1.92. The lowest BCUT2D eigenvalue weighted by Crippen LogP contribution is -2.21. The number of H-pyrrole nitrogens is 1. The number of aromatic amines is 1. The average molecular weight is 765 g/mol. The molecule has 0 atom stereocenters. The molecule has 0 aliphatic rings. The van der Waals surface area contributed by atoms with Crippen LogP contribution in [0.5, 0.6) is 0 Å². The number of hydrogen-bond acceptors (Lipinski definition) is 9. The van der Waals surface area contributed by atoms with Crippen molar-refractivity contribution in [2.45, 2.75) is 44.0 Å². The van der Waals surface area contributed by atoms with E-state index in [1.807, 2.05) is 97.1 Å². The highest BCUT2D eigenvalue weighted by atomic mass is 79.9. The molecule has 2 aromatic heterocycles. The van der Waals surface area contributed by atoms with Gasteiger partial charge >= 0.3 is 0 Å². The number of thioether (sulfide) groups is 1. The first-order chi connectivity index (χ1) is 24.0. The Hall–Kier alpha value is -3.87. The fourth-order valence-corrected chi connectivity index (χ4v) is 5.07. The quantitative estimate of drug-likeness (QED) is 0.0846. The maximum Gasteiger partial charge on any atom is 0.284 e. The van der Waals surface area contributed by atoms with Crippen molar-refractivity contribution in [3.05, 3.63) is 137 Å². The average Bonchev–Trinajstić information content (AvgIpc) is 3.84. The van der Waals surface area contributed by atoms with Crippen LogP contribution < -0.4 is 0 Å². The van der Waals surface area contributed by atoms with Gasteiger partial charge in [-0.15, -0.1) is 15.3 Å². The Labute approximate surface area is 308 Å². The summed E-state index contributed by atoms with van der Waals surface area (Å²) in [6, 6.07) is 39.9. The normalized spacial score (nSPS) is 9.86. The number of halogens is 1. The zero-order valence-electron chi connectivity index (χ0n) is 28.5. The third kappa shape index (κ3) is 17.4. The number of aromatic nitrogens is 4. The van der Waals surface area contributed by atoms with Crippen LogP contribution in [0.15, 0.2) is 135 Å². The molecule has 2 heterocycles. The predicted octanol–water partition coefficient (Wildman–Crippen LogP) is 10.4. The monoisotopic (exact) mass is 763 g/mol. The van der Waals surface area contributed by atoms with Gasteiger partial charge in [0, 0.05) is 28.8 Å². The van der Waals surface area contributed by atoms with E-state index < -0.39 is 0 Å². The van der Waals surface area contributed by atoms with E-state index in [1.165, 1.54) is 30.8 Å². The number of alkyl halides is 1. The molecule has 0 amide bonds. The molecule has 2 N–H and O–H groups in total. The first-order valence-corrected chi connectivity index (χ1v) is 18.6. The first kappa shape index (κ1) is 41.3. The summed E-state index contributed by atoms with van der Waals surface area (Å²) >= 11 is 9.65. The van der Waals surface area contributed by atoms with E-state index in [1.54, 1.807) is 18.7 Å². The van der Waals surface area contributed by atoms with Crippen molar-refractivity contribution < 1.29 is 13.9 Å². The maximum atomic E-state index is 7.57. The summed E-state index contributed by atoms with van der Waals surface area (Å²) < 4.78 is 10.7. The number of aliphatic hydroxyl groups is 1. The third-order valence-corrected chi connectivity index (χ3v) is 8.14. The van der Waals surface area contributed by atoms with Crippen LogP contribution in [0.4, 0.5) is 0 Å². The number of benzene rings is 4.